The Balaban J connectivity index is 2.29. The molecular formula is C21H19N3O2. The van der Waals surface area contributed by atoms with Crippen molar-refractivity contribution in [3.05, 3.63) is 59.7 Å². The highest BCUT2D eigenvalue weighted by molar-refractivity contribution is 5.83. The minimum Gasteiger partial charge on any atom is -0.497 e. The minimum absolute atomic E-state index is 0.186. The normalized spacial score (nSPS) is 10.2. The number of nitriles is 1. The molecule has 3 aromatic rings. The first-order valence-electron chi connectivity index (χ1n) is 8.07. The van der Waals surface area contributed by atoms with Gasteiger partial charge in [-0.1, -0.05) is 23.8 Å². The number of hydrogen-bond donors (Lipinski definition) is 1. The maximum absolute atomic E-state index is 9.61. The van der Waals surface area contributed by atoms with Crippen LogP contribution in [0.25, 0.3) is 22.4 Å². The van der Waals surface area contributed by atoms with Crippen molar-refractivity contribution in [2.45, 2.75) is 6.92 Å². The number of rotatable bonds is 4. The third-order valence-corrected chi connectivity index (χ3v) is 4.17. The zero-order valence-corrected chi connectivity index (χ0v) is 14.9. The van der Waals surface area contributed by atoms with Crippen LogP contribution in [0.15, 0.2) is 48.5 Å². The van der Waals surface area contributed by atoms with Crippen LogP contribution in [0.1, 0.15) is 11.1 Å². The van der Waals surface area contributed by atoms with Crippen molar-refractivity contribution in [3.8, 4) is 40.0 Å². The van der Waals surface area contributed by atoms with Crippen molar-refractivity contribution in [2.24, 2.45) is 0 Å². The Kier molecular flexibility index (Phi) is 4.76. The quantitative estimate of drug-likeness (QED) is 0.766. The molecule has 130 valence electrons. The SMILES string of the molecule is COc1ccc(OC)c(-c2cc(-c3cccc(C)c3)nc(N)c2C#N)c1. The molecule has 0 aliphatic heterocycles. The first kappa shape index (κ1) is 17.3. The zero-order valence-electron chi connectivity index (χ0n) is 14.9. The molecule has 5 nitrogen and oxygen atoms in total. The molecule has 5 heteroatoms. The topological polar surface area (TPSA) is 81.2 Å². The second-order valence-electron chi connectivity index (χ2n) is 5.86. The van der Waals surface area contributed by atoms with E-state index in [2.05, 4.69) is 11.1 Å². The van der Waals surface area contributed by atoms with Crippen LogP contribution in [0, 0.1) is 18.3 Å². The van der Waals surface area contributed by atoms with Gasteiger partial charge in [-0.2, -0.15) is 5.26 Å². The van der Waals surface area contributed by atoms with Crippen LogP contribution >= 0.6 is 0 Å². The van der Waals surface area contributed by atoms with Gasteiger partial charge in [0.15, 0.2) is 0 Å². The fourth-order valence-electron chi connectivity index (χ4n) is 2.87. The van der Waals surface area contributed by atoms with E-state index in [1.54, 1.807) is 26.4 Å². The van der Waals surface area contributed by atoms with Crippen LogP contribution in [0.3, 0.4) is 0 Å². The Bertz CT molecular complexity index is 1010. The summed E-state index contributed by atoms with van der Waals surface area (Å²) in [6, 6.07) is 17.4. The molecule has 1 aromatic heterocycles. The Hall–Kier alpha value is -3.52. The highest BCUT2D eigenvalue weighted by Crippen LogP contribution is 2.38. The molecular weight excluding hydrogens is 326 g/mol. The summed E-state index contributed by atoms with van der Waals surface area (Å²) >= 11 is 0. The van der Waals surface area contributed by atoms with Gasteiger partial charge >= 0.3 is 0 Å². The van der Waals surface area contributed by atoms with E-state index in [0.717, 1.165) is 16.7 Å². The Morgan fingerprint density at radius 1 is 1.00 bits per heavy atom. The van der Waals surface area contributed by atoms with Crippen molar-refractivity contribution in [2.75, 3.05) is 20.0 Å². The van der Waals surface area contributed by atoms with Gasteiger partial charge in [0, 0.05) is 16.7 Å². The Morgan fingerprint density at radius 2 is 1.81 bits per heavy atom. The Labute approximate surface area is 152 Å². The summed E-state index contributed by atoms with van der Waals surface area (Å²) in [5.41, 5.74) is 10.6. The van der Waals surface area contributed by atoms with Gasteiger partial charge in [-0.05, 0) is 37.3 Å². The maximum atomic E-state index is 9.61. The van der Waals surface area contributed by atoms with Crippen LogP contribution in [-0.4, -0.2) is 19.2 Å². The second-order valence-corrected chi connectivity index (χ2v) is 5.86. The van der Waals surface area contributed by atoms with Crippen molar-refractivity contribution < 1.29 is 9.47 Å². The van der Waals surface area contributed by atoms with Gasteiger partial charge in [0.1, 0.15) is 28.9 Å². The molecule has 26 heavy (non-hydrogen) atoms. The maximum Gasteiger partial charge on any atom is 0.142 e. The van der Waals surface area contributed by atoms with Crippen molar-refractivity contribution in [1.82, 2.24) is 4.98 Å². The summed E-state index contributed by atoms with van der Waals surface area (Å²) in [4.78, 5) is 4.42. The van der Waals surface area contributed by atoms with Gasteiger partial charge < -0.3 is 15.2 Å². The van der Waals surface area contributed by atoms with Gasteiger partial charge in [-0.3, -0.25) is 0 Å². The van der Waals surface area contributed by atoms with E-state index in [9.17, 15) is 5.26 Å². The van der Waals surface area contributed by atoms with Gasteiger partial charge in [-0.15, -0.1) is 0 Å². The fraction of sp³-hybridized carbons (Fsp3) is 0.143. The van der Waals surface area contributed by atoms with Crippen LogP contribution in [-0.2, 0) is 0 Å². The summed E-state index contributed by atoms with van der Waals surface area (Å²) in [6.45, 7) is 2.02. The third kappa shape index (κ3) is 3.17. The molecule has 0 radical (unpaired) electrons. The van der Waals surface area contributed by atoms with E-state index in [-0.39, 0.29) is 5.82 Å². The molecule has 0 aliphatic rings. The molecule has 2 aromatic carbocycles. The van der Waals surface area contributed by atoms with Gasteiger partial charge in [0.05, 0.1) is 19.9 Å². The predicted octanol–water partition coefficient (Wildman–Crippen LogP) is 4.20. The molecule has 1 heterocycles. The third-order valence-electron chi connectivity index (χ3n) is 4.17. The number of nitrogens with zero attached hydrogens (tertiary/aromatic N) is 2. The number of aromatic nitrogens is 1. The molecule has 0 atom stereocenters. The Morgan fingerprint density at radius 3 is 2.46 bits per heavy atom. The summed E-state index contributed by atoms with van der Waals surface area (Å²) in [5, 5.41) is 9.61. The van der Waals surface area contributed by atoms with E-state index < -0.39 is 0 Å². The number of nitrogen functional groups attached to an aromatic ring is 1. The number of pyridine rings is 1. The van der Waals surface area contributed by atoms with Crippen LogP contribution in [0.4, 0.5) is 5.82 Å². The van der Waals surface area contributed by atoms with E-state index in [1.165, 1.54) is 0 Å². The molecule has 2 N–H and O–H groups in total. The highest BCUT2D eigenvalue weighted by atomic mass is 16.5. The van der Waals surface area contributed by atoms with Gasteiger partial charge in [-0.25, -0.2) is 4.98 Å². The average Bonchev–Trinajstić information content (AvgIpc) is 2.66. The van der Waals surface area contributed by atoms with Crippen LogP contribution in [0.2, 0.25) is 0 Å². The molecule has 0 bridgehead atoms. The summed E-state index contributed by atoms with van der Waals surface area (Å²) in [6.07, 6.45) is 0. The lowest BCUT2D eigenvalue weighted by atomic mass is 9.97. The van der Waals surface area contributed by atoms with E-state index in [0.29, 0.717) is 28.3 Å². The first-order chi connectivity index (χ1) is 12.6. The minimum atomic E-state index is 0.186. The average molecular weight is 345 g/mol. The molecule has 0 spiro atoms. The predicted molar refractivity (Wildman–Crippen MR) is 102 cm³/mol. The smallest absolute Gasteiger partial charge is 0.142 e. The summed E-state index contributed by atoms with van der Waals surface area (Å²) in [5.74, 6) is 1.48. The number of benzene rings is 2. The molecule has 0 saturated carbocycles. The number of nitrogens with two attached hydrogens (primary N) is 1. The number of ether oxygens (including phenoxy) is 2. The number of methoxy groups -OCH3 is 2. The molecule has 0 amide bonds. The van der Waals surface area contributed by atoms with Crippen LogP contribution in [0.5, 0.6) is 11.5 Å². The molecule has 0 fully saturated rings. The van der Waals surface area contributed by atoms with E-state index in [4.69, 9.17) is 15.2 Å². The fourth-order valence-corrected chi connectivity index (χ4v) is 2.87. The van der Waals surface area contributed by atoms with Crippen LogP contribution < -0.4 is 15.2 Å². The summed E-state index contributed by atoms with van der Waals surface area (Å²) < 4.78 is 10.8. The monoisotopic (exact) mass is 345 g/mol. The lowest BCUT2D eigenvalue weighted by Gasteiger charge is -2.14. The lowest BCUT2D eigenvalue weighted by Crippen LogP contribution is -2.01. The van der Waals surface area contributed by atoms with Crippen molar-refractivity contribution >= 4 is 5.82 Å². The molecule has 0 aliphatic carbocycles. The van der Waals surface area contributed by atoms with Gasteiger partial charge in [0.2, 0.25) is 0 Å². The largest absolute Gasteiger partial charge is 0.497 e. The summed E-state index contributed by atoms with van der Waals surface area (Å²) in [7, 11) is 3.18. The van der Waals surface area contributed by atoms with Crippen molar-refractivity contribution in [1.29, 1.82) is 5.26 Å². The standard InChI is InChI=1S/C21H19N3O2/c1-13-5-4-6-14(9-13)19-11-16(18(12-22)21(23)24-19)17-10-15(25-2)7-8-20(17)26-3/h4-11H,1-3H3,(H2,23,24). The number of anilines is 1. The van der Waals surface area contributed by atoms with Crippen molar-refractivity contribution in [3.63, 3.8) is 0 Å². The lowest BCUT2D eigenvalue weighted by molar-refractivity contribution is 0.404. The van der Waals surface area contributed by atoms with E-state index >= 15 is 0 Å². The molecule has 0 unspecified atom stereocenters. The van der Waals surface area contributed by atoms with E-state index in [1.807, 2.05) is 43.3 Å². The first-order valence-corrected chi connectivity index (χ1v) is 8.07. The zero-order chi connectivity index (χ0) is 18.7. The number of hydrogen-bond acceptors (Lipinski definition) is 5. The van der Waals surface area contributed by atoms with Gasteiger partial charge in [0.25, 0.3) is 0 Å². The molecule has 0 saturated heterocycles. The molecule has 3 rings (SSSR count). The number of aryl methyl sites for hydroxylation is 1. The second kappa shape index (κ2) is 7.16. The highest BCUT2D eigenvalue weighted by Gasteiger charge is 2.17.